The van der Waals surface area contributed by atoms with E-state index in [1.54, 1.807) is 30.3 Å². The lowest BCUT2D eigenvalue weighted by atomic mass is 10.2. The molecule has 0 fully saturated rings. The molecule has 0 saturated heterocycles. The smallest absolute Gasteiger partial charge is 0.313 e. The van der Waals surface area contributed by atoms with Crippen molar-refractivity contribution in [3.8, 4) is 5.75 Å². The molecule has 0 aliphatic carbocycles. The third kappa shape index (κ3) is 4.58. The maximum Gasteiger partial charge on any atom is 0.313 e. The highest BCUT2D eigenvalue weighted by molar-refractivity contribution is 6.43. The van der Waals surface area contributed by atoms with E-state index >= 15 is 0 Å². The van der Waals surface area contributed by atoms with Crippen LogP contribution in [0.15, 0.2) is 42.5 Å². The summed E-state index contributed by atoms with van der Waals surface area (Å²) in [6, 6.07) is 10.9. The standard InChI is InChI=1S/C15H12Cl2N2O4/c16-10-4-3-7-13(15(10)17)23-14(20)8-9-18-11-5-1-2-6-12(11)19(21)22/h1-7,18H,8-9H2. The fourth-order valence-electron chi connectivity index (χ4n) is 1.82. The number of carbonyl (C=O) groups is 1. The van der Waals surface area contributed by atoms with Gasteiger partial charge in [-0.3, -0.25) is 14.9 Å². The van der Waals surface area contributed by atoms with Crippen LogP contribution in [0.3, 0.4) is 0 Å². The number of hydrogen-bond acceptors (Lipinski definition) is 5. The van der Waals surface area contributed by atoms with E-state index in [-0.39, 0.29) is 34.4 Å². The summed E-state index contributed by atoms with van der Waals surface area (Å²) in [6.07, 6.45) is 0.00882. The van der Waals surface area contributed by atoms with Crippen LogP contribution in [-0.2, 0) is 4.79 Å². The zero-order chi connectivity index (χ0) is 16.8. The Morgan fingerprint density at radius 3 is 2.65 bits per heavy atom. The van der Waals surface area contributed by atoms with Gasteiger partial charge in [-0.25, -0.2) is 0 Å². The maximum absolute atomic E-state index is 11.8. The lowest BCUT2D eigenvalue weighted by Crippen LogP contribution is -2.14. The molecule has 0 aromatic heterocycles. The van der Waals surface area contributed by atoms with Gasteiger partial charge in [-0.15, -0.1) is 0 Å². The number of rotatable bonds is 6. The van der Waals surface area contributed by atoms with Gasteiger partial charge in [-0.1, -0.05) is 41.4 Å². The first-order valence-electron chi connectivity index (χ1n) is 6.61. The van der Waals surface area contributed by atoms with Crippen molar-refractivity contribution in [3.63, 3.8) is 0 Å². The van der Waals surface area contributed by atoms with Crippen molar-refractivity contribution in [2.24, 2.45) is 0 Å². The molecule has 0 heterocycles. The topological polar surface area (TPSA) is 81.5 Å². The van der Waals surface area contributed by atoms with Gasteiger partial charge in [-0.2, -0.15) is 0 Å². The number of benzene rings is 2. The predicted octanol–water partition coefficient (Wildman–Crippen LogP) is 4.31. The molecule has 0 aliphatic rings. The van der Waals surface area contributed by atoms with Crippen molar-refractivity contribution in [2.75, 3.05) is 11.9 Å². The SMILES string of the molecule is O=C(CCNc1ccccc1[N+](=O)[O-])Oc1cccc(Cl)c1Cl. The Kier molecular flexibility index (Phi) is 5.78. The van der Waals surface area contributed by atoms with Gasteiger partial charge in [0.2, 0.25) is 0 Å². The highest BCUT2D eigenvalue weighted by Gasteiger charge is 2.13. The molecule has 2 rings (SSSR count). The molecule has 0 amide bonds. The number of carbonyl (C=O) groups excluding carboxylic acids is 1. The second-order valence-electron chi connectivity index (χ2n) is 4.48. The van der Waals surface area contributed by atoms with Crippen LogP contribution in [-0.4, -0.2) is 17.4 Å². The summed E-state index contributed by atoms with van der Waals surface area (Å²) in [4.78, 5) is 22.2. The second-order valence-corrected chi connectivity index (χ2v) is 5.26. The summed E-state index contributed by atoms with van der Waals surface area (Å²) in [5.41, 5.74) is 0.282. The van der Waals surface area contributed by atoms with Gasteiger partial charge < -0.3 is 10.1 Å². The second kappa shape index (κ2) is 7.80. The van der Waals surface area contributed by atoms with Crippen molar-refractivity contribution >= 4 is 40.5 Å². The molecule has 0 bridgehead atoms. The molecular formula is C15H12Cl2N2O4. The number of nitrogens with one attached hydrogen (secondary N) is 1. The van der Waals surface area contributed by atoms with E-state index in [2.05, 4.69) is 5.32 Å². The van der Waals surface area contributed by atoms with Crippen molar-refractivity contribution in [2.45, 2.75) is 6.42 Å². The molecule has 0 radical (unpaired) electrons. The van der Waals surface area contributed by atoms with Gasteiger partial charge in [0.05, 0.1) is 16.4 Å². The summed E-state index contributed by atoms with van der Waals surface area (Å²) in [5, 5.41) is 14.2. The van der Waals surface area contributed by atoms with E-state index in [4.69, 9.17) is 27.9 Å². The van der Waals surface area contributed by atoms with Crippen LogP contribution in [0.5, 0.6) is 5.75 Å². The fourth-order valence-corrected chi connectivity index (χ4v) is 2.15. The highest BCUT2D eigenvalue weighted by atomic mass is 35.5. The molecule has 2 aromatic rings. The number of para-hydroxylation sites is 2. The quantitative estimate of drug-likeness (QED) is 0.361. The molecule has 0 aliphatic heterocycles. The molecule has 0 spiro atoms. The number of halogens is 2. The number of ether oxygens (including phenoxy) is 1. The number of anilines is 1. The molecule has 23 heavy (non-hydrogen) atoms. The molecule has 0 unspecified atom stereocenters. The molecule has 0 saturated carbocycles. The molecular weight excluding hydrogens is 343 g/mol. The summed E-state index contributed by atoms with van der Waals surface area (Å²) >= 11 is 11.8. The Morgan fingerprint density at radius 1 is 1.17 bits per heavy atom. The number of nitrogens with zero attached hydrogens (tertiary/aromatic N) is 1. The van der Waals surface area contributed by atoms with Gasteiger partial charge in [0, 0.05) is 12.6 Å². The third-order valence-corrected chi connectivity index (χ3v) is 3.69. The highest BCUT2D eigenvalue weighted by Crippen LogP contribution is 2.31. The summed E-state index contributed by atoms with van der Waals surface area (Å²) in [6.45, 7) is 0.182. The number of nitro benzene ring substituents is 1. The first-order chi connectivity index (χ1) is 11.0. The summed E-state index contributed by atoms with van der Waals surface area (Å²) < 4.78 is 5.11. The Hall–Kier alpha value is -2.31. The van der Waals surface area contributed by atoms with Crippen molar-refractivity contribution in [1.29, 1.82) is 0 Å². The zero-order valence-electron chi connectivity index (χ0n) is 11.8. The molecule has 6 nitrogen and oxygen atoms in total. The molecule has 8 heteroatoms. The van der Waals surface area contributed by atoms with Crippen LogP contribution in [0, 0.1) is 10.1 Å². The van der Waals surface area contributed by atoms with Gasteiger partial charge in [-0.05, 0) is 18.2 Å². The van der Waals surface area contributed by atoms with Crippen molar-refractivity contribution < 1.29 is 14.5 Å². The monoisotopic (exact) mass is 354 g/mol. The van der Waals surface area contributed by atoms with Crippen LogP contribution in [0.4, 0.5) is 11.4 Å². The van der Waals surface area contributed by atoms with E-state index in [1.807, 2.05) is 0 Å². The van der Waals surface area contributed by atoms with Crippen LogP contribution in [0.1, 0.15) is 6.42 Å². The van der Waals surface area contributed by atoms with Crippen LogP contribution in [0.2, 0.25) is 10.0 Å². The Bertz CT molecular complexity index is 737. The van der Waals surface area contributed by atoms with Crippen LogP contribution in [0.25, 0.3) is 0 Å². The number of nitro groups is 1. The van der Waals surface area contributed by atoms with E-state index in [1.165, 1.54) is 12.1 Å². The normalized spacial score (nSPS) is 10.2. The van der Waals surface area contributed by atoms with Gasteiger partial charge in [0.1, 0.15) is 10.7 Å². The minimum atomic E-state index is -0.528. The lowest BCUT2D eigenvalue weighted by molar-refractivity contribution is -0.384. The minimum Gasteiger partial charge on any atom is -0.425 e. The Balaban J connectivity index is 1.91. The average Bonchev–Trinajstić information content (AvgIpc) is 2.52. The number of hydrogen-bond donors (Lipinski definition) is 1. The van der Waals surface area contributed by atoms with E-state index in [0.717, 1.165) is 0 Å². The first kappa shape index (κ1) is 17.1. The lowest BCUT2D eigenvalue weighted by Gasteiger charge is -2.08. The maximum atomic E-state index is 11.8. The summed E-state index contributed by atoms with van der Waals surface area (Å²) in [5.74, 6) is -0.352. The first-order valence-corrected chi connectivity index (χ1v) is 7.36. The summed E-state index contributed by atoms with van der Waals surface area (Å²) in [7, 11) is 0. The van der Waals surface area contributed by atoms with Crippen LogP contribution < -0.4 is 10.1 Å². The largest absolute Gasteiger partial charge is 0.425 e. The van der Waals surface area contributed by atoms with Gasteiger partial charge >= 0.3 is 5.97 Å². The molecule has 0 atom stereocenters. The molecule has 120 valence electrons. The van der Waals surface area contributed by atoms with Crippen molar-refractivity contribution in [1.82, 2.24) is 0 Å². The number of esters is 1. The zero-order valence-corrected chi connectivity index (χ0v) is 13.3. The Morgan fingerprint density at radius 2 is 1.91 bits per heavy atom. The molecule has 1 N–H and O–H groups in total. The van der Waals surface area contributed by atoms with E-state index in [0.29, 0.717) is 5.69 Å². The predicted molar refractivity (Wildman–Crippen MR) is 88.3 cm³/mol. The van der Waals surface area contributed by atoms with Crippen LogP contribution >= 0.6 is 23.2 Å². The van der Waals surface area contributed by atoms with Gasteiger partial charge in [0.25, 0.3) is 5.69 Å². The van der Waals surface area contributed by atoms with Gasteiger partial charge in [0.15, 0.2) is 5.75 Å². The average molecular weight is 355 g/mol. The fraction of sp³-hybridized carbons (Fsp3) is 0.133. The Labute approximate surface area is 142 Å². The third-order valence-electron chi connectivity index (χ3n) is 2.89. The minimum absolute atomic E-state index is 0.00882. The van der Waals surface area contributed by atoms with E-state index in [9.17, 15) is 14.9 Å². The van der Waals surface area contributed by atoms with Crippen molar-refractivity contribution in [3.05, 3.63) is 62.6 Å². The van der Waals surface area contributed by atoms with E-state index < -0.39 is 10.9 Å². The molecule has 2 aromatic carbocycles.